The van der Waals surface area contributed by atoms with Gasteiger partial charge in [-0.25, -0.2) is 15.2 Å². The van der Waals surface area contributed by atoms with Crippen LogP contribution in [0, 0.1) is 0 Å². The summed E-state index contributed by atoms with van der Waals surface area (Å²) in [5.41, 5.74) is 5.97. The number of carboxylic acid groups (broad SMARTS) is 1. The minimum Gasteiger partial charge on any atom is -0.481 e. The Morgan fingerprint density at radius 3 is 2.54 bits per heavy atom. The smallest absolute Gasteiger partial charge is 0.341 e. The highest BCUT2D eigenvalue weighted by Gasteiger charge is 2.09. The van der Waals surface area contributed by atoms with Crippen LogP contribution < -0.4 is 15.5 Å². The quantitative estimate of drug-likeness (QED) is 0.206. The number of anilines is 2. The van der Waals surface area contributed by atoms with E-state index in [1.165, 1.54) is 17.6 Å². The van der Waals surface area contributed by atoms with Gasteiger partial charge in [0.15, 0.2) is 11.7 Å². The number of benzene rings is 3. The minimum atomic E-state index is -1.08. The molecule has 0 aliphatic rings. The zero-order chi connectivity index (χ0) is 24.6. The number of rotatable bonds is 9. The van der Waals surface area contributed by atoms with Crippen molar-refractivity contribution in [1.29, 1.82) is 0 Å². The number of carbonyl (C=O) groups excluding carboxylic acids is 1. The molecule has 0 aliphatic heterocycles. The zero-order valence-corrected chi connectivity index (χ0v) is 19.7. The summed E-state index contributed by atoms with van der Waals surface area (Å²) >= 11 is 7.39. The maximum Gasteiger partial charge on any atom is 0.341 e. The standard InChI is InChI=1S/C25H19ClN4O4S/c26-19-9-11-20(12-10-19)28-25-29-21(15-35-25)16-5-7-17(8-6-16)24(33)30-27-13-18-3-1-2-4-22(18)34-14-23(31)32/h1-13,15H,14H2,(H,28,29)(H,30,33)(H,31,32)/b27-13-. The fourth-order valence-corrected chi connectivity index (χ4v) is 3.86. The molecule has 4 aromatic rings. The summed E-state index contributed by atoms with van der Waals surface area (Å²) in [6.45, 7) is -0.471. The Hall–Kier alpha value is -4.21. The molecule has 0 spiro atoms. The zero-order valence-electron chi connectivity index (χ0n) is 18.1. The van der Waals surface area contributed by atoms with Crippen LogP contribution in [0.1, 0.15) is 15.9 Å². The number of aliphatic carboxylic acids is 1. The fourth-order valence-electron chi connectivity index (χ4n) is 3.00. The number of carbonyl (C=O) groups is 2. The van der Waals surface area contributed by atoms with E-state index in [1.54, 1.807) is 48.5 Å². The van der Waals surface area contributed by atoms with E-state index in [9.17, 15) is 9.59 Å². The lowest BCUT2D eigenvalue weighted by atomic mass is 10.1. The van der Waals surface area contributed by atoms with E-state index in [-0.39, 0.29) is 5.91 Å². The molecule has 0 atom stereocenters. The van der Waals surface area contributed by atoms with Gasteiger partial charge in [-0.05, 0) is 48.5 Å². The number of hydrazone groups is 1. The second kappa shape index (κ2) is 11.3. The molecule has 1 heterocycles. The maximum atomic E-state index is 12.4. The first-order valence-corrected chi connectivity index (χ1v) is 11.6. The lowest BCUT2D eigenvalue weighted by Crippen LogP contribution is -2.17. The van der Waals surface area contributed by atoms with Gasteiger partial charge in [-0.3, -0.25) is 4.79 Å². The molecule has 3 aromatic carbocycles. The third kappa shape index (κ3) is 6.66. The van der Waals surface area contributed by atoms with Gasteiger partial charge in [-0.1, -0.05) is 35.9 Å². The molecule has 0 saturated carbocycles. The van der Waals surface area contributed by atoms with Crippen molar-refractivity contribution in [2.45, 2.75) is 0 Å². The van der Waals surface area contributed by atoms with E-state index >= 15 is 0 Å². The van der Waals surface area contributed by atoms with E-state index in [4.69, 9.17) is 21.4 Å². The number of hydrogen-bond donors (Lipinski definition) is 3. The summed E-state index contributed by atoms with van der Waals surface area (Å²) in [5.74, 6) is -1.12. The van der Waals surface area contributed by atoms with Gasteiger partial charge in [-0.15, -0.1) is 11.3 Å². The predicted octanol–water partition coefficient (Wildman–Crippen LogP) is 5.43. The predicted molar refractivity (Wildman–Crippen MR) is 137 cm³/mol. The molecule has 0 saturated heterocycles. The summed E-state index contributed by atoms with van der Waals surface area (Å²) < 4.78 is 5.22. The Morgan fingerprint density at radius 2 is 1.80 bits per heavy atom. The second-order valence-corrected chi connectivity index (χ2v) is 8.46. The molecule has 1 aromatic heterocycles. The minimum absolute atomic E-state index is 0.352. The number of nitrogens with one attached hydrogen (secondary N) is 2. The summed E-state index contributed by atoms with van der Waals surface area (Å²) in [6.07, 6.45) is 1.40. The molecule has 10 heteroatoms. The van der Waals surface area contributed by atoms with Crippen molar-refractivity contribution in [3.05, 3.63) is 94.3 Å². The Labute approximate surface area is 209 Å². The number of thiazole rings is 1. The Morgan fingerprint density at radius 1 is 1.06 bits per heavy atom. The number of halogens is 1. The van der Waals surface area contributed by atoms with Crippen LogP contribution in [-0.4, -0.2) is 34.8 Å². The molecule has 35 heavy (non-hydrogen) atoms. The van der Waals surface area contributed by atoms with Crippen LogP contribution in [0.2, 0.25) is 5.02 Å². The highest BCUT2D eigenvalue weighted by molar-refractivity contribution is 7.14. The van der Waals surface area contributed by atoms with Gasteiger partial charge in [0.25, 0.3) is 5.91 Å². The SMILES string of the molecule is O=C(O)COc1ccccc1/C=N\NC(=O)c1ccc(-c2csc(Nc3ccc(Cl)cc3)n2)cc1. The molecule has 0 radical (unpaired) electrons. The third-order valence-corrected chi connectivity index (χ3v) is 5.69. The maximum absolute atomic E-state index is 12.4. The Kier molecular flexibility index (Phi) is 7.71. The number of para-hydroxylation sites is 1. The normalized spacial score (nSPS) is 10.8. The topological polar surface area (TPSA) is 113 Å². The average molecular weight is 507 g/mol. The van der Waals surface area contributed by atoms with Crippen LogP contribution in [0.3, 0.4) is 0 Å². The largest absolute Gasteiger partial charge is 0.481 e. The van der Waals surface area contributed by atoms with Gasteiger partial charge in [0.2, 0.25) is 0 Å². The van der Waals surface area contributed by atoms with E-state index < -0.39 is 12.6 Å². The molecule has 3 N–H and O–H groups in total. The van der Waals surface area contributed by atoms with E-state index in [1.807, 2.05) is 29.6 Å². The van der Waals surface area contributed by atoms with Crippen LogP contribution in [0.4, 0.5) is 10.8 Å². The van der Waals surface area contributed by atoms with Crippen LogP contribution in [0.15, 0.2) is 83.3 Å². The number of hydrogen-bond acceptors (Lipinski definition) is 7. The molecular formula is C25H19ClN4O4S. The Balaban J connectivity index is 1.36. The van der Waals surface area contributed by atoms with E-state index in [2.05, 4.69) is 20.8 Å². The highest BCUT2D eigenvalue weighted by atomic mass is 35.5. The number of amides is 1. The molecular weight excluding hydrogens is 488 g/mol. The van der Waals surface area contributed by atoms with Crippen molar-refractivity contribution < 1.29 is 19.4 Å². The molecule has 0 unspecified atom stereocenters. The van der Waals surface area contributed by atoms with Gasteiger partial charge >= 0.3 is 5.97 Å². The van der Waals surface area contributed by atoms with Crippen LogP contribution in [0.5, 0.6) is 5.75 Å². The van der Waals surface area contributed by atoms with Crippen molar-refractivity contribution in [3.63, 3.8) is 0 Å². The lowest BCUT2D eigenvalue weighted by Gasteiger charge is -2.06. The van der Waals surface area contributed by atoms with Crippen LogP contribution in [0.25, 0.3) is 11.3 Å². The monoisotopic (exact) mass is 506 g/mol. The first-order valence-electron chi connectivity index (χ1n) is 10.3. The first kappa shape index (κ1) is 23.9. The van der Waals surface area contributed by atoms with Crippen molar-refractivity contribution in [1.82, 2.24) is 10.4 Å². The molecule has 8 nitrogen and oxygen atoms in total. The molecule has 0 fully saturated rings. The van der Waals surface area contributed by atoms with E-state index in [0.29, 0.717) is 21.9 Å². The average Bonchev–Trinajstić information content (AvgIpc) is 3.33. The number of nitrogens with zero attached hydrogens (tertiary/aromatic N) is 2. The summed E-state index contributed by atoms with van der Waals surface area (Å²) in [6, 6.07) is 21.2. The van der Waals surface area contributed by atoms with E-state index in [0.717, 1.165) is 22.1 Å². The van der Waals surface area contributed by atoms with Gasteiger partial charge in [-0.2, -0.15) is 5.10 Å². The number of aromatic nitrogens is 1. The number of ether oxygens (including phenoxy) is 1. The van der Waals surface area contributed by atoms with Crippen molar-refractivity contribution in [2.24, 2.45) is 5.10 Å². The van der Waals surface area contributed by atoms with Crippen molar-refractivity contribution >= 4 is 51.8 Å². The van der Waals surface area contributed by atoms with Crippen molar-refractivity contribution in [3.8, 4) is 17.0 Å². The fraction of sp³-hybridized carbons (Fsp3) is 0.0400. The summed E-state index contributed by atoms with van der Waals surface area (Å²) in [5, 5.41) is 19.3. The summed E-state index contributed by atoms with van der Waals surface area (Å²) in [7, 11) is 0. The summed E-state index contributed by atoms with van der Waals surface area (Å²) in [4.78, 5) is 27.8. The van der Waals surface area contributed by atoms with Gasteiger partial charge in [0, 0.05) is 32.8 Å². The van der Waals surface area contributed by atoms with Gasteiger partial charge < -0.3 is 15.2 Å². The van der Waals surface area contributed by atoms with Gasteiger partial charge in [0.05, 0.1) is 11.9 Å². The second-order valence-electron chi connectivity index (χ2n) is 7.17. The number of carboxylic acids is 1. The third-order valence-electron chi connectivity index (χ3n) is 4.68. The van der Waals surface area contributed by atoms with Gasteiger partial charge in [0.1, 0.15) is 5.75 Å². The molecule has 4 rings (SSSR count). The molecule has 1 amide bonds. The molecule has 0 aliphatic carbocycles. The molecule has 176 valence electrons. The lowest BCUT2D eigenvalue weighted by molar-refractivity contribution is -0.139. The Bertz CT molecular complexity index is 1350. The van der Waals surface area contributed by atoms with Crippen molar-refractivity contribution in [2.75, 3.05) is 11.9 Å². The molecule has 0 bridgehead atoms. The highest BCUT2D eigenvalue weighted by Crippen LogP contribution is 2.28. The van der Waals surface area contributed by atoms with Crippen LogP contribution >= 0.6 is 22.9 Å². The first-order chi connectivity index (χ1) is 17.0. The van der Waals surface area contributed by atoms with Crippen LogP contribution in [-0.2, 0) is 4.79 Å².